The number of nitrogens with one attached hydrogen (secondary N) is 1. The van der Waals surface area contributed by atoms with E-state index in [1.807, 2.05) is 0 Å². The summed E-state index contributed by atoms with van der Waals surface area (Å²) in [6, 6.07) is 2.69. The molecule has 0 bridgehead atoms. The zero-order valence-corrected chi connectivity index (χ0v) is 10.8. The monoisotopic (exact) mass is 268 g/mol. The molecule has 1 fully saturated rings. The van der Waals surface area contributed by atoms with Crippen LogP contribution in [0.4, 0.5) is 10.6 Å². The fraction of sp³-hybridized carbons (Fsp3) is 0.364. The number of hydrogen-bond acceptors (Lipinski definition) is 4. The van der Waals surface area contributed by atoms with Crippen molar-refractivity contribution in [2.75, 3.05) is 5.73 Å². The van der Waals surface area contributed by atoms with Crippen molar-refractivity contribution in [1.82, 2.24) is 15.2 Å². The summed E-state index contributed by atoms with van der Waals surface area (Å²) in [7, 11) is 0. The topological polar surface area (TPSA) is 88.3 Å². The van der Waals surface area contributed by atoms with Crippen LogP contribution in [-0.4, -0.2) is 27.4 Å². The molecule has 1 aromatic rings. The Morgan fingerprint density at radius 2 is 2.11 bits per heavy atom. The lowest BCUT2D eigenvalue weighted by Crippen LogP contribution is -2.40. The first-order valence-corrected chi connectivity index (χ1v) is 5.74. The van der Waals surface area contributed by atoms with Gasteiger partial charge in [0.05, 0.1) is 17.3 Å². The van der Waals surface area contributed by atoms with E-state index in [0.29, 0.717) is 16.5 Å². The molecule has 1 aliphatic rings. The van der Waals surface area contributed by atoms with E-state index in [-0.39, 0.29) is 12.5 Å². The molecular weight excluding hydrogens is 256 g/mol. The van der Waals surface area contributed by atoms with E-state index < -0.39 is 11.6 Å². The molecule has 0 aromatic carbocycles. The van der Waals surface area contributed by atoms with E-state index in [2.05, 4.69) is 10.3 Å². The Labute approximate surface area is 109 Å². The molecule has 0 radical (unpaired) electrons. The van der Waals surface area contributed by atoms with Gasteiger partial charge in [0.25, 0.3) is 5.91 Å². The molecule has 96 valence electrons. The fourth-order valence-electron chi connectivity index (χ4n) is 1.72. The molecule has 1 saturated heterocycles. The van der Waals surface area contributed by atoms with Crippen LogP contribution in [0.3, 0.4) is 0 Å². The highest BCUT2D eigenvalue weighted by atomic mass is 35.5. The molecule has 2 heterocycles. The van der Waals surface area contributed by atoms with Gasteiger partial charge in [0.2, 0.25) is 0 Å². The van der Waals surface area contributed by atoms with Gasteiger partial charge in [0.1, 0.15) is 11.4 Å². The lowest BCUT2D eigenvalue weighted by molar-refractivity contribution is -0.130. The molecule has 7 heteroatoms. The first-order valence-electron chi connectivity index (χ1n) is 5.36. The van der Waals surface area contributed by atoms with Crippen LogP contribution in [0.1, 0.15) is 19.5 Å². The molecule has 0 spiro atoms. The number of imide groups is 1. The highest BCUT2D eigenvalue weighted by molar-refractivity contribution is 6.31. The molecule has 1 aromatic heterocycles. The number of anilines is 1. The van der Waals surface area contributed by atoms with Crippen molar-refractivity contribution in [2.24, 2.45) is 0 Å². The van der Waals surface area contributed by atoms with Crippen LogP contribution < -0.4 is 11.1 Å². The summed E-state index contributed by atoms with van der Waals surface area (Å²) in [5, 5.41) is 2.95. The van der Waals surface area contributed by atoms with Gasteiger partial charge in [-0.1, -0.05) is 11.6 Å². The highest BCUT2D eigenvalue weighted by Crippen LogP contribution is 2.22. The van der Waals surface area contributed by atoms with Crippen LogP contribution >= 0.6 is 11.6 Å². The first-order chi connectivity index (χ1) is 8.31. The number of hydrogen-bond donors (Lipinski definition) is 2. The quantitative estimate of drug-likeness (QED) is 0.788. The average Bonchev–Trinajstić information content (AvgIpc) is 2.46. The number of carbonyl (C=O) groups is 2. The Bertz CT molecular complexity index is 530. The lowest BCUT2D eigenvalue weighted by atomic mass is 10.1. The number of halogens is 1. The summed E-state index contributed by atoms with van der Waals surface area (Å²) in [5.74, 6) is -0.0199. The lowest BCUT2D eigenvalue weighted by Gasteiger charge is -2.16. The Morgan fingerprint density at radius 1 is 1.44 bits per heavy atom. The second-order valence-electron chi connectivity index (χ2n) is 4.61. The van der Waals surface area contributed by atoms with E-state index >= 15 is 0 Å². The molecule has 0 saturated carbocycles. The Balaban J connectivity index is 2.27. The minimum absolute atomic E-state index is 0.0119. The third-order valence-electron chi connectivity index (χ3n) is 2.69. The maximum absolute atomic E-state index is 12.0. The zero-order valence-electron chi connectivity index (χ0n) is 10.0. The first kappa shape index (κ1) is 12.6. The van der Waals surface area contributed by atoms with Crippen molar-refractivity contribution in [3.63, 3.8) is 0 Å². The van der Waals surface area contributed by atoms with Gasteiger partial charge < -0.3 is 11.1 Å². The fourth-order valence-corrected chi connectivity index (χ4v) is 1.89. The van der Waals surface area contributed by atoms with Gasteiger partial charge >= 0.3 is 6.03 Å². The standard InChI is InChI=1S/C11H13ClN4O2/c1-11(2)9(17)16(10(18)15-11)5-7-6(12)3-4-8(13)14-7/h3-4H,5H2,1-2H3,(H2,13,14)(H,15,18). The van der Waals surface area contributed by atoms with Crippen LogP contribution in [0.5, 0.6) is 0 Å². The molecule has 18 heavy (non-hydrogen) atoms. The summed E-state index contributed by atoms with van der Waals surface area (Å²) in [5.41, 5.74) is 5.05. The van der Waals surface area contributed by atoms with Gasteiger partial charge in [-0.25, -0.2) is 9.78 Å². The normalized spacial score (nSPS) is 18.1. The van der Waals surface area contributed by atoms with Crippen molar-refractivity contribution in [3.05, 3.63) is 22.8 Å². The molecular formula is C11H13ClN4O2. The van der Waals surface area contributed by atoms with E-state index in [1.54, 1.807) is 26.0 Å². The average molecular weight is 269 g/mol. The summed E-state index contributed by atoms with van der Waals surface area (Å²) in [6.07, 6.45) is 0. The molecule has 0 unspecified atom stereocenters. The van der Waals surface area contributed by atoms with Gasteiger partial charge in [-0.2, -0.15) is 0 Å². The van der Waals surface area contributed by atoms with E-state index in [9.17, 15) is 9.59 Å². The smallest absolute Gasteiger partial charge is 0.325 e. The summed E-state index contributed by atoms with van der Waals surface area (Å²) in [4.78, 5) is 28.8. The third kappa shape index (κ3) is 2.11. The number of nitrogens with two attached hydrogens (primary N) is 1. The van der Waals surface area contributed by atoms with Crippen molar-refractivity contribution in [1.29, 1.82) is 0 Å². The van der Waals surface area contributed by atoms with Crippen LogP contribution in [0.25, 0.3) is 0 Å². The van der Waals surface area contributed by atoms with Gasteiger partial charge in [0, 0.05) is 0 Å². The predicted octanol–water partition coefficient (Wildman–Crippen LogP) is 1.15. The summed E-state index contributed by atoms with van der Waals surface area (Å²) in [6.45, 7) is 3.29. The van der Waals surface area contributed by atoms with Crippen molar-refractivity contribution < 1.29 is 9.59 Å². The number of nitrogens with zero attached hydrogens (tertiary/aromatic N) is 2. The third-order valence-corrected chi connectivity index (χ3v) is 3.04. The second kappa shape index (κ2) is 4.13. The predicted molar refractivity (Wildman–Crippen MR) is 66.8 cm³/mol. The van der Waals surface area contributed by atoms with Gasteiger partial charge in [-0.05, 0) is 26.0 Å². The molecule has 2 rings (SSSR count). The van der Waals surface area contributed by atoms with Crippen molar-refractivity contribution >= 4 is 29.4 Å². The number of aromatic nitrogens is 1. The van der Waals surface area contributed by atoms with Crippen LogP contribution in [-0.2, 0) is 11.3 Å². The minimum atomic E-state index is -0.899. The van der Waals surface area contributed by atoms with E-state index in [0.717, 1.165) is 4.90 Å². The van der Waals surface area contributed by atoms with Gasteiger partial charge in [-0.15, -0.1) is 0 Å². The van der Waals surface area contributed by atoms with Crippen molar-refractivity contribution in [2.45, 2.75) is 25.9 Å². The second-order valence-corrected chi connectivity index (χ2v) is 5.02. The van der Waals surface area contributed by atoms with Gasteiger partial charge in [-0.3, -0.25) is 9.69 Å². The molecule has 1 aliphatic heterocycles. The summed E-state index contributed by atoms with van der Waals surface area (Å²) >= 11 is 5.95. The SMILES string of the molecule is CC1(C)NC(=O)N(Cc2nc(N)ccc2Cl)C1=O. The number of rotatable bonds is 2. The molecule has 3 N–H and O–H groups in total. The molecule has 6 nitrogen and oxygen atoms in total. The van der Waals surface area contributed by atoms with E-state index in [1.165, 1.54) is 0 Å². The Hall–Kier alpha value is -1.82. The molecule has 3 amide bonds. The zero-order chi connectivity index (χ0) is 13.5. The minimum Gasteiger partial charge on any atom is -0.384 e. The van der Waals surface area contributed by atoms with Crippen LogP contribution in [0.2, 0.25) is 5.02 Å². The van der Waals surface area contributed by atoms with Gasteiger partial charge in [0.15, 0.2) is 0 Å². The van der Waals surface area contributed by atoms with Crippen LogP contribution in [0, 0.1) is 0 Å². The number of urea groups is 1. The number of pyridine rings is 1. The maximum atomic E-state index is 12.0. The number of amides is 3. The van der Waals surface area contributed by atoms with Crippen LogP contribution in [0.15, 0.2) is 12.1 Å². The Morgan fingerprint density at radius 3 is 2.67 bits per heavy atom. The summed E-state index contributed by atoms with van der Waals surface area (Å²) < 4.78 is 0. The molecule has 0 atom stereocenters. The maximum Gasteiger partial charge on any atom is 0.325 e. The van der Waals surface area contributed by atoms with E-state index in [4.69, 9.17) is 17.3 Å². The number of carbonyl (C=O) groups excluding carboxylic acids is 2. The number of nitrogen functional groups attached to an aromatic ring is 1. The highest BCUT2D eigenvalue weighted by Gasteiger charge is 2.44. The van der Waals surface area contributed by atoms with Crippen molar-refractivity contribution in [3.8, 4) is 0 Å². The Kier molecular flexibility index (Phi) is 2.90. The molecule has 0 aliphatic carbocycles. The largest absolute Gasteiger partial charge is 0.384 e.